The lowest BCUT2D eigenvalue weighted by atomic mass is 9.94. The van der Waals surface area contributed by atoms with Crippen molar-refractivity contribution in [2.75, 3.05) is 10.8 Å². The molecule has 0 aliphatic heterocycles. The second kappa shape index (κ2) is 15.8. The smallest absolute Gasteiger partial charge is 0.264 e. The maximum Gasteiger partial charge on any atom is 0.264 e. The Morgan fingerprint density at radius 2 is 1.51 bits per heavy atom. The number of nitrogens with zero attached hydrogens (tertiary/aromatic N) is 2. The zero-order chi connectivity index (χ0) is 33.4. The summed E-state index contributed by atoms with van der Waals surface area (Å²) in [6, 6.07) is 25.9. The van der Waals surface area contributed by atoms with Crippen LogP contribution in [-0.2, 0) is 32.6 Å². The Bertz CT molecular complexity index is 1790. The van der Waals surface area contributed by atoms with Gasteiger partial charge in [-0.1, -0.05) is 97.1 Å². The van der Waals surface area contributed by atoms with Gasteiger partial charge in [0, 0.05) is 34.6 Å². The van der Waals surface area contributed by atoms with E-state index in [-0.39, 0.29) is 46.1 Å². The van der Waals surface area contributed by atoms with Crippen molar-refractivity contribution in [1.29, 1.82) is 0 Å². The molecule has 1 fully saturated rings. The zero-order valence-corrected chi connectivity index (χ0v) is 28.0. The number of rotatable bonds is 12. The Hall–Kier alpha value is -3.92. The van der Waals surface area contributed by atoms with Crippen LogP contribution < -0.4 is 9.62 Å². The SMILES string of the molecule is O=C(NC1CCCCC1)C(Cc1ccccc1)N(Cc1ccccc1F)C(=O)CN(c1cccc(Cl)c1)S(=O)(=O)c1ccc(Cl)cc1. The lowest BCUT2D eigenvalue weighted by Gasteiger charge is -2.35. The van der Waals surface area contributed by atoms with Crippen LogP contribution in [0, 0.1) is 5.82 Å². The Kier molecular flexibility index (Phi) is 11.6. The number of carbonyl (C=O) groups is 2. The number of hydrogen-bond acceptors (Lipinski definition) is 4. The van der Waals surface area contributed by atoms with Gasteiger partial charge in [-0.05, 0) is 66.9 Å². The predicted octanol–water partition coefficient (Wildman–Crippen LogP) is 7.42. The first-order valence-electron chi connectivity index (χ1n) is 15.5. The first kappa shape index (κ1) is 34.4. The summed E-state index contributed by atoms with van der Waals surface area (Å²) in [5.74, 6) is -1.61. The van der Waals surface area contributed by atoms with Gasteiger partial charge in [-0.25, -0.2) is 12.8 Å². The molecule has 0 spiro atoms. The van der Waals surface area contributed by atoms with Crippen molar-refractivity contribution in [1.82, 2.24) is 10.2 Å². The average molecular weight is 697 g/mol. The number of amides is 2. The Morgan fingerprint density at radius 1 is 0.830 bits per heavy atom. The molecule has 0 bridgehead atoms. The third kappa shape index (κ3) is 8.91. The number of carbonyl (C=O) groups excluding carboxylic acids is 2. The Morgan fingerprint density at radius 3 is 2.19 bits per heavy atom. The Balaban J connectivity index is 1.57. The van der Waals surface area contributed by atoms with Crippen molar-refractivity contribution in [2.45, 2.75) is 62.0 Å². The van der Waals surface area contributed by atoms with Crippen LogP contribution >= 0.6 is 23.2 Å². The number of nitrogens with one attached hydrogen (secondary N) is 1. The van der Waals surface area contributed by atoms with Gasteiger partial charge >= 0.3 is 0 Å². The number of sulfonamides is 1. The quantitative estimate of drug-likeness (QED) is 0.167. The summed E-state index contributed by atoms with van der Waals surface area (Å²) in [6.07, 6.45) is 4.87. The molecule has 11 heteroatoms. The highest BCUT2D eigenvalue weighted by atomic mass is 35.5. The largest absolute Gasteiger partial charge is 0.352 e. The average Bonchev–Trinajstić information content (AvgIpc) is 3.07. The van der Waals surface area contributed by atoms with Gasteiger partial charge in [0.05, 0.1) is 10.6 Å². The van der Waals surface area contributed by atoms with Crippen molar-refractivity contribution in [3.8, 4) is 0 Å². The second-order valence-corrected chi connectivity index (χ2v) is 14.3. The molecule has 2 amide bonds. The molecule has 1 N–H and O–H groups in total. The van der Waals surface area contributed by atoms with Gasteiger partial charge in [0.15, 0.2) is 0 Å². The minimum Gasteiger partial charge on any atom is -0.352 e. The standard InChI is InChI=1S/C36H36Cl2FN3O4S/c37-28-18-20-32(21-19-28)47(45,46)42(31-16-9-13-29(38)23-31)25-35(43)41(24-27-12-7-8-17-33(27)39)34(22-26-10-3-1-4-11-26)36(44)40-30-14-5-2-6-15-30/h1,3-4,7-13,16-21,23,30,34H,2,5-6,14-15,22,24-25H2,(H,40,44). The van der Waals surface area contributed by atoms with E-state index in [2.05, 4.69) is 5.32 Å². The number of hydrogen-bond donors (Lipinski definition) is 1. The fourth-order valence-corrected chi connectivity index (χ4v) is 7.52. The fraction of sp³-hybridized carbons (Fsp3) is 0.278. The molecule has 7 nitrogen and oxygen atoms in total. The van der Waals surface area contributed by atoms with E-state index in [9.17, 15) is 18.0 Å². The second-order valence-electron chi connectivity index (χ2n) is 11.6. The molecule has 0 radical (unpaired) electrons. The predicted molar refractivity (Wildman–Crippen MR) is 183 cm³/mol. The number of halogens is 3. The fourth-order valence-electron chi connectivity index (χ4n) is 5.80. The van der Waals surface area contributed by atoms with Crippen LogP contribution in [0.5, 0.6) is 0 Å². The summed E-state index contributed by atoms with van der Waals surface area (Å²) >= 11 is 12.3. The lowest BCUT2D eigenvalue weighted by Crippen LogP contribution is -2.55. The van der Waals surface area contributed by atoms with Crippen LogP contribution in [0.2, 0.25) is 10.0 Å². The number of benzene rings is 4. The zero-order valence-electron chi connectivity index (χ0n) is 25.7. The van der Waals surface area contributed by atoms with Gasteiger partial charge in [-0.2, -0.15) is 0 Å². The van der Waals surface area contributed by atoms with E-state index >= 15 is 4.39 Å². The maximum absolute atomic E-state index is 15.1. The third-order valence-corrected chi connectivity index (χ3v) is 10.6. The summed E-state index contributed by atoms with van der Waals surface area (Å²) in [5, 5.41) is 3.75. The molecule has 4 aromatic rings. The van der Waals surface area contributed by atoms with Crippen molar-refractivity contribution in [2.24, 2.45) is 0 Å². The molecular formula is C36H36Cl2FN3O4S. The molecule has 0 saturated heterocycles. The molecule has 1 unspecified atom stereocenters. The van der Waals surface area contributed by atoms with E-state index in [1.807, 2.05) is 30.3 Å². The van der Waals surface area contributed by atoms with Gasteiger partial charge in [-0.15, -0.1) is 0 Å². The van der Waals surface area contributed by atoms with Crippen LogP contribution in [0.1, 0.15) is 43.2 Å². The molecule has 5 rings (SSSR count). The first-order chi connectivity index (χ1) is 22.6. The van der Waals surface area contributed by atoms with E-state index in [0.717, 1.165) is 42.0 Å². The van der Waals surface area contributed by atoms with Gasteiger partial charge in [0.25, 0.3) is 10.0 Å². The van der Waals surface area contributed by atoms with Crippen molar-refractivity contribution < 1.29 is 22.4 Å². The molecule has 0 aromatic heterocycles. The third-order valence-electron chi connectivity index (χ3n) is 8.30. The molecule has 1 atom stereocenters. The molecule has 1 saturated carbocycles. The normalized spacial score (nSPS) is 14.3. The topological polar surface area (TPSA) is 86.8 Å². The van der Waals surface area contributed by atoms with Crippen LogP contribution in [-0.4, -0.2) is 43.8 Å². The van der Waals surface area contributed by atoms with E-state index in [4.69, 9.17) is 23.2 Å². The molecule has 4 aromatic carbocycles. The summed E-state index contributed by atoms with van der Waals surface area (Å²) in [6.45, 7) is -0.937. The van der Waals surface area contributed by atoms with E-state index in [1.54, 1.807) is 30.3 Å². The highest BCUT2D eigenvalue weighted by Crippen LogP contribution is 2.28. The Labute approximate surface area is 285 Å². The van der Waals surface area contributed by atoms with Crippen LogP contribution in [0.15, 0.2) is 108 Å². The summed E-state index contributed by atoms with van der Waals surface area (Å²) in [7, 11) is -4.33. The van der Waals surface area contributed by atoms with E-state index < -0.39 is 34.3 Å². The highest BCUT2D eigenvalue weighted by Gasteiger charge is 2.36. The van der Waals surface area contributed by atoms with Crippen LogP contribution in [0.4, 0.5) is 10.1 Å². The van der Waals surface area contributed by atoms with Crippen LogP contribution in [0.25, 0.3) is 0 Å². The van der Waals surface area contributed by atoms with Crippen molar-refractivity contribution in [3.05, 3.63) is 130 Å². The summed E-state index contributed by atoms with van der Waals surface area (Å²) < 4.78 is 44.3. The molecule has 0 heterocycles. The van der Waals surface area contributed by atoms with Gasteiger partial charge in [-0.3, -0.25) is 13.9 Å². The molecule has 246 valence electrons. The molecule has 1 aliphatic carbocycles. The van der Waals surface area contributed by atoms with E-state index in [0.29, 0.717) is 5.02 Å². The highest BCUT2D eigenvalue weighted by molar-refractivity contribution is 7.92. The monoisotopic (exact) mass is 695 g/mol. The minimum atomic E-state index is -4.33. The molecule has 1 aliphatic rings. The summed E-state index contributed by atoms with van der Waals surface area (Å²) in [5.41, 5.74) is 1.14. The van der Waals surface area contributed by atoms with Gasteiger partial charge < -0.3 is 10.2 Å². The summed E-state index contributed by atoms with van der Waals surface area (Å²) in [4.78, 5) is 29.9. The minimum absolute atomic E-state index is 0.0480. The maximum atomic E-state index is 15.1. The molecule has 47 heavy (non-hydrogen) atoms. The van der Waals surface area contributed by atoms with Gasteiger partial charge in [0.1, 0.15) is 18.4 Å². The van der Waals surface area contributed by atoms with Crippen molar-refractivity contribution in [3.63, 3.8) is 0 Å². The lowest BCUT2D eigenvalue weighted by molar-refractivity contribution is -0.140. The van der Waals surface area contributed by atoms with Crippen molar-refractivity contribution >= 4 is 50.7 Å². The van der Waals surface area contributed by atoms with Crippen LogP contribution in [0.3, 0.4) is 0 Å². The van der Waals surface area contributed by atoms with E-state index in [1.165, 1.54) is 47.4 Å². The molecular weight excluding hydrogens is 660 g/mol. The van der Waals surface area contributed by atoms with Gasteiger partial charge in [0.2, 0.25) is 11.8 Å². The number of anilines is 1. The first-order valence-corrected chi connectivity index (χ1v) is 17.7.